The predicted molar refractivity (Wildman–Crippen MR) is 62.7 cm³/mol. The van der Waals surface area contributed by atoms with E-state index in [1.165, 1.54) is 0 Å². The van der Waals surface area contributed by atoms with Gasteiger partial charge < -0.3 is 4.98 Å². The lowest BCUT2D eigenvalue weighted by Crippen LogP contribution is -2.18. The molecule has 3 aromatic heterocycles. The van der Waals surface area contributed by atoms with Crippen molar-refractivity contribution in [3.63, 3.8) is 0 Å². The first-order valence-electron chi connectivity index (χ1n) is 5.26. The van der Waals surface area contributed by atoms with Gasteiger partial charge in [0.15, 0.2) is 5.65 Å². The second-order valence-electron chi connectivity index (χ2n) is 3.87. The van der Waals surface area contributed by atoms with Gasteiger partial charge in [-0.25, -0.2) is 9.78 Å². The number of aromatic amines is 1. The topological polar surface area (TPSA) is 68.5 Å². The van der Waals surface area contributed by atoms with Crippen LogP contribution in [0.5, 0.6) is 0 Å². The van der Waals surface area contributed by atoms with Crippen molar-refractivity contribution in [3.8, 4) is 0 Å². The van der Waals surface area contributed by atoms with E-state index in [0.29, 0.717) is 12.2 Å². The van der Waals surface area contributed by atoms with Gasteiger partial charge in [0, 0.05) is 19.4 Å². The number of hydrogen-bond donors (Lipinski definition) is 1. The molecule has 86 valence electrons. The van der Waals surface area contributed by atoms with Crippen molar-refractivity contribution in [2.75, 3.05) is 0 Å². The van der Waals surface area contributed by atoms with Crippen LogP contribution >= 0.6 is 0 Å². The maximum absolute atomic E-state index is 11.8. The third-order valence-electron chi connectivity index (χ3n) is 2.62. The maximum Gasteiger partial charge on any atom is 0.328 e. The molecule has 0 atom stereocenters. The van der Waals surface area contributed by atoms with Crippen molar-refractivity contribution < 1.29 is 0 Å². The van der Waals surface area contributed by atoms with Gasteiger partial charge in [-0.2, -0.15) is 5.10 Å². The van der Waals surface area contributed by atoms with Crippen molar-refractivity contribution in [1.82, 2.24) is 24.3 Å². The Labute approximate surface area is 96.5 Å². The molecule has 0 fully saturated rings. The first kappa shape index (κ1) is 9.83. The molecular formula is C11H11N5O. The van der Waals surface area contributed by atoms with Crippen molar-refractivity contribution in [2.24, 2.45) is 7.05 Å². The summed E-state index contributed by atoms with van der Waals surface area (Å²) in [5.41, 5.74) is 2.07. The summed E-state index contributed by atoms with van der Waals surface area (Å²) < 4.78 is 3.29. The lowest BCUT2D eigenvalue weighted by Gasteiger charge is -1.98. The lowest BCUT2D eigenvalue weighted by molar-refractivity contribution is 0.700. The number of fused-ring (bicyclic) bond motifs is 1. The molecule has 0 radical (unpaired) electrons. The van der Waals surface area contributed by atoms with Crippen LogP contribution in [0, 0.1) is 0 Å². The third kappa shape index (κ3) is 1.63. The molecule has 0 amide bonds. The Bertz CT molecular complexity index is 721. The van der Waals surface area contributed by atoms with Crippen LogP contribution < -0.4 is 5.69 Å². The molecule has 1 N–H and O–H groups in total. The van der Waals surface area contributed by atoms with Gasteiger partial charge in [-0.1, -0.05) is 0 Å². The van der Waals surface area contributed by atoms with Crippen molar-refractivity contribution in [3.05, 3.63) is 46.8 Å². The van der Waals surface area contributed by atoms with Crippen LogP contribution in [0.4, 0.5) is 0 Å². The Kier molecular flexibility index (Phi) is 2.07. The number of pyridine rings is 1. The molecule has 0 saturated heterocycles. The standard InChI is InChI=1S/C11H11N5O/c1-15-6-4-8(14-15)7-16-10-9(13-11(16)17)3-2-5-12-10/h2-6H,7H2,1H3,(H,13,17). The van der Waals surface area contributed by atoms with Crippen LogP contribution in [-0.2, 0) is 13.6 Å². The van der Waals surface area contributed by atoms with Crippen LogP contribution in [0.2, 0.25) is 0 Å². The van der Waals surface area contributed by atoms with Crippen LogP contribution in [0.3, 0.4) is 0 Å². The highest BCUT2D eigenvalue weighted by molar-refractivity contribution is 5.70. The number of hydrogen-bond acceptors (Lipinski definition) is 3. The molecule has 0 bridgehead atoms. The number of aromatic nitrogens is 5. The van der Waals surface area contributed by atoms with E-state index in [9.17, 15) is 4.79 Å². The van der Waals surface area contributed by atoms with Gasteiger partial charge in [-0.05, 0) is 18.2 Å². The minimum Gasteiger partial charge on any atom is -0.304 e. The molecule has 0 aliphatic rings. The van der Waals surface area contributed by atoms with E-state index in [-0.39, 0.29) is 5.69 Å². The molecule has 0 aromatic carbocycles. The van der Waals surface area contributed by atoms with Gasteiger partial charge in [-0.15, -0.1) is 0 Å². The minimum absolute atomic E-state index is 0.163. The number of nitrogens with zero attached hydrogens (tertiary/aromatic N) is 4. The van der Waals surface area contributed by atoms with Gasteiger partial charge in [0.05, 0.1) is 17.8 Å². The molecule has 0 saturated carbocycles. The molecule has 3 rings (SSSR count). The number of aryl methyl sites for hydroxylation is 1. The summed E-state index contributed by atoms with van der Waals surface area (Å²) in [6, 6.07) is 5.51. The van der Waals surface area contributed by atoms with E-state index in [1.54, 1.807) is 21.5 Å². The van der Waals surface area contributed by atoms with Crippen LogP contribution in [0.25, 0.3) is 11.2 Å². The Hall–Kier alpha value is -2.37. The summed E-state index contributed by atoms with van der Waals surface area (Å²) >= 11 is 0. The van der Waals surface area contributed by atoms with E-state index < -0.39 is 0 Å². The minimum atomic E-state index is -0.163. The zero-order chi connectivity index (χ0) is 11.8. The average Bonchev–Trinajstić information content (AvgIpc) is 2.85. The van der Waals surface area contributed by atoms with Crippen molar-refractivity contribution >= 4 is 11.2 Å². The molecule has 17 heavy (non-hydrogen) atoms. The normalized spacial score (nSPS) is 11.1. The van der Waals surface area contributed by atoms with Gasteiger partial charge in [0.1, 0.15) is 0 Å². The summed E-state index contributed by atoms with van der Waals surface area (Å²) in [4.78, 5) is 18.7. The number of imidazole rings is 1. The Morgan fingerprint density at radius 2 is 2.29 bits per heavy atom. The maximum atomic E-state index is 11.8. The quantitative estimate of drug-likeness (QED) is 0.696. The fourth-order valence-corrected chi connectivity index (χ4v) is 1.84. The molecule has 0 aliphatic heterocycles. The SMILES string of the molecule is Cn1ccc(Cn2c(=O)[nH]c3cccnc32)n1. The smallest absolute Gasteiger partial charge is 0.304 e. The molecule has 3 heterocycles. The summed E-state index contributed by atoms with van der Waals surface area (Å²) in [5, 5.41) is 4.25. The van der Waals surface area contributed by atoms with E-state index in [4.69, 9.17) is 0 Å². The van der Waals surface area contributed by atoms with E-state index in [1.807, 2.05) is 25.4 Å². The lowest BCUT2D eigenvalue weighted by atomic mass is 10.4. The number of nitrogens with one attached hydrogen (secondary N) is 1. The van der Waals surface area contributed by atoms with Crippen LogP contribution in [0.1, 0.15) is 5.69 Å². The fourth-order valence-electron chi connectivity index (χ4n) is 1.84. The highest BCUT2D eigenvalue weighted by Gasteiger charge is 2.08. The van der Waals surface area contributed by atoms with Gasteiger partial charge in [0.25, 0.3) is 0 Å². The second kappa shape index (κ2) is 3.58. The molecule has 0 aliphatic carbocycles. The summed E-state index contributed by atoms with van der Waals surface area (Å²) in [5.74, 6) is 0. The van der Waals surface area contributed by atoms with Crippen molar-refractivity contribution in [1.29, 1.82) is 0 Å². The molecule has 0 unspecified atom stereocenters. The molecule has 6 nitrogen and oxygen atoms in total. The zero-order valence-corrected chi connectivity index (χ0v) is 9.29. The Morgan fingerprint density at radius 1 is 1.41 bits per heavy atom. The fraction of sp³-hybridized carbons (Fsp3) is 0.182. The van der Waals surface area contributed by atoms with Crippen LogP contribution in [-0.4, -0.2) is 24.3 Å². The number of rotatable bonds is 2. The third-order valence-corrected chi connectivity index (χ3v) is 2.62. The molecular weight excluding hydrogens is 218 g/mol. The average molecular weight is 229 g/mol. The summed E-state index contributed by atoms with van der Waals surface area (Å²) in [6.45, 7) is 0.427. The highest BCUT2D eigenvalue weighted by Crippen LogP contribution is 2.07. The predicted octanol–water partition coefficient (Wildman–Crippen LogP) is 0.506. The van der Waals surface area contributed by atoms with E-state index in [0.717, 1.165) is 11.2 Å². The highest BCUT2D eigenvalue weighted by atomic mass is 16.1. The Balaban J connectivity index is 2.11. The van der Waals surface area contributed by atoms with Gasteiger partial charge >= 0.3 is 5.69 Å². The first-order valence-corrected chi connectivity index (χ1v) is 5.26. The van der Waals surface area contributed by atoms with E-state index >= 15 is 0 Å². The summed E-state index contributed by atoms with van der Waals surface area (Å²) in [6.07, 6.45) is 3.52. The largest absolute Gasteiger partial charge is 0.328 e. The van der Waals surface area contributed by atoms with E-state index in [2.05, 4.69) is 15.1 Å². The van der Waals surface area contributed by atoms with Crippen LogP contribution in [0.15, 0.2) is 35.4 Å². The zero-order valence-electron chi connectivity index (χ0n) is 9.29. The van der Waals surface area contributed by atoms with Gasteiger partial charge in [0.2, 0.25) is 0 Å². The van der Waals surface area contributed by atoms with Crippen molar-refractivity contribution in [2.45, 2.75) is 6.54 Å². The first-order chi connectivity index (χ1) is 8.24. The second-order valence-corrected chi connectivity index (χ2v) is 3.87. The van der Waals surface area contributed by atoms with Gasteiger partial charge in [-0.3, -0.25) is 9.25 Å². The summed E-state index contributed by atoms with van der Waals surface area (Å²) in [7, 11) is 1.85. The Morgan fingerprint density at radius 3 is 3.06 bits per heavy atom. The number of H-pyrrole nitrogens is 1. The molecule has 3 aromatic rings. The monoisotopic (exact) mass is 229 g/mol. The molecule has 6 heteroatoms. The molecule has 0 spiro atoms.